The summed E-state index contributed by atoms with van der Waals surface area (Å²) in [4.78, 5) is 13.1. The van der Waals surface area contributed by atoms with Gasteiger partial charge in [0.1, 0.15) is 0 Å². The third kappa shape index (κ3) is 3.23. The van der Waals surface area contributed by atoms with Gasteiger partial charge in [0.15, 0.2) is 0 Å². The number of rotatable bonds is 3. The third-order valence-electron chi connectivity index (χ3n) is 3.20. The van der Waals surface area contributed by atoms with Crippen LogP contribution < -0.4 is 11.1 Å². The van der Waals surface area contributed by atoms with Crippen LogP contribution in [0.4, 0.5) is 5.69 Å². The van der Waals surface area contributed by atoms with Gasteiger partial charge in [-0.2, -0.15) is 0 Å². The van der Waals surface area contributed by atoms with E-state index in [4.69, 9.17) is 5.73 Å². The van der Waals surface area contributed by atoms with E-state index >= 15 is 0 Å². The minimum atomic E-state index is 0.0882. The molecule has 0 heterocycles. The fourth-order valence-electron chi connectivity index (χ4n) is 2.17. The van der Waals surface area contributed by atoms with Gasteiger partial charge in [-0.3, -0.25) is 4.79 Å². The molecule has 3 nitrogen and oxygen atoms in total. The number of nitrogens with two attached hydrogens (primary N) is 1. The van der Waals surface area contributed by atoms with Crippen molar-refractivity contribution in [3.63, 3.8) is 0 Å². The Morgan fingerprint density at radius 3 is 2.59 bits per heavy atom. The predicted molar refractivity (Wildman–Crippen MR) is 72.2 cm³/mol. The molecule has 0 radical (unpaired) electrons. The molecular formula is C13H18N2OS. The maximum atomic E-state index is 11.9. The standard InChI is InChI=1S/C13H18N2OS/c1-17-12-6-4-11(5-7-12)15-13(16)9-2-3-10(14)8-9/h4-7,9-10H,2-3,8,14H2,1H3,(H,15,16). The first-order chi connectivity index (χ1) is 8.19. The first-order valence-corrected chi connectivity index (χ1v) is 7.12. The second-order valence-electron chi connectivity index (χ2n) is 4.49. The van der Waals surface area contributed by atoms with Crippen molar-refractivity contribution in [2.75, 3.05) is 11.6 Å². The largest absolute Gasteiger partial charge is 0.328 e. The van der Waals surface area contributed by atoms with E-state index in [1.165, 1.54) is 4.90 Å². The lowest BCUT2D eigenvalue weighted by Crippen LogP contribution is -2.23. The van der Waals surface area contributed by atoms with Gasteiger partial charge < -0.3 is 11.1 Å². The van der Waals surface area contributed by atoms with Crippen LogP contribution in [-0.4, -0.2) is 18.2 Å². The van der Waals surface area contributed by atoms with E-state index in [0.29, 0.717) is 0 Å². The van der Waals surface area contributed by atoms with Crippen molar-refractivity contribution < 1.29 is 4.79 Å². The number of anilines is 1. The van der Waals surface area contributed by atoms with Crippen LogP contribution in [0, 0.1) is 5.92 Å². The van der Waals surface area contributed by atoms with E-state index in [1.807, 2.05) is 30.5 Å². The molecule has 2 unspecified atom stereocenters. The van der Waals surface area contributed by atoms with Gasteiger partial charge in [-0.25, -0.2) is 0 Å². The molecule has 1 aliphatic rings. The maximum Gasteiger partial charge on any atom is 0.227 e. The van der Waals surface area contributed by atoms with E-state index in [0.717, 1.165) is 24.9 Å². The van der Waals surface area contributed by atoms with Crippen LogP contribution in [-0.2, 0) is 4.79 Å². The van der Waals surface area contributed by atoms with E-state index in [9.17, 15) is 4.79 Å². The monoisotopic (exact) mass is 250 g/mol. The fourth-order valence-corrected chi connectivity index (χ4v) is 2.58. The van der Waals surface area contributed by atoms with Crippen LogP contribution in [0.1, 0.15) is 19.3 Å². The molecular weight excluding hydrogens is 232 g/mol. The highest BCUT2D eigenvalue weighted by molar-refractivity contribution is 7.98. The average molecular weight is 250 g/mol. The lowest BCUT2D eigenvalue weighted by atomic mass is 10.1. The summed E-state index contributed by atoms with van der Waals surface area (Å²) in [7, 11) is 0. The quantitative estimate of drug-likeness (QED) is 0.810. The maximum absolute atomic E-state index is 11.9. The summed E-state index contributed by atoms with van der Waals surface area (Å²) < 4.78 is 0. The Morgan fingerprint density at radius 2 is 2.06 bits per heavy atom. The van der Waals surface area contributed by atoms with E-state index < -0.39 is 0 Å². The highest BCUT2D eigenvalue weighted by Crippen LogP contribution is 2.26. The zero-order valence-electron chi connectivity index (χ0n) is 9.98. The normalized spacial score (nSPS) is 23.6. The average Bonchev–Trinajstić information content (AvgIpc) is 2.77. The van der Waals surface area contributed by atoms with E-state index in [-0.39, 0.29) is 17.9 Å². The number of thioether (sulfide) groups is 1. The first-order valence-electron chi connectivity index (χ1n) is 5.89. The third-order valence-corrected chi connectivity index (χ3v) is 3.95. The molecule has 1 saturated carbocycles. The zero-order valence-corrected chi connectivity index (χ0v) is 10.8. The van der Waals surface area contributed by atoms with Crippen molar-refractivity contribution in [3.05, 3.63) is 24.3 Å². The molecule has 1 aromatic rings. The molecule has 1 aromatic carbocycles. The highest BCUT2D eigenvalue weighted by Gasteiger charge is 2.27. The lowest BCUT2D eigenvalue weighted by molar-refractivity contribution is -0.119. The molecule has 3 N–H and O–H groups in total. The van der Waals surface area contributed by atoms with Crippen molar-refractivity contribution in [2.45, 2.75) is 30.2 Å². The Labute approximate surface area is 106 Å². The van der Waals surface area contributed by atoms with Crippen molar-refractivity contribution in [1.82, 2.24) is 0 Å². The fraction of sp³-hybridized carbons (Fsp3) is 0.462. The number of amides is 1. The van der Waals surface area contributed by atoms with Crippen molar-refractivity contribution in [2.24, 2.45) is 11.7 Å². The summed E-state index contributed by atoms with van der Waals surface area (Å²) in [6.45, 7) is 0. The second kappa shape index (κ2) is 5.56. The van der Waals surface area contributed by atoms with Gasteiger partial charge in [-0.15, -0.1) is 11.8 Å². The molecule has 2 atom stereocenters. The Bertz CT molecular complexity index is 391. The summed E-state index contributed by atoms with van der Waals surface area (Å²) in [6.07, 6.45) is 4.72. The summed E-state index contributed by atoms with van der Waals surface area (Å²) >= 11 is 1.69. The predicted octanol–water partition coefficient (Wildman–Crippen LogP) is 2.47. The molecule has 0 aliphatic heterocycles. The van der Waals surface area contributed by atoms with Gasteiger partial charge in [0.05, 0.1) is 0 Å². The number of carbonyl (C=O) groups is 1. The Kier molecular flexibility index (Phi) is 4.07. The number of nitrogens with one attached hydrogen (secondary N) is 1. The van der Waals surface area contributed by atoms with Crippen LogP contribution in [0.3, 0.4) is 0 Å². The molecule has 1 fully saturated rings. The molecule has 0 aromatic heterocycles. The Morgan fingerprint density at radius 1 is 1.35 bits per heavy atom. The SMILES string of the molecule is CSc1ccc(NC(=O)C2CCC(N)C2)cc1. The Hall–Kier alpha value is -1.00. The van der Waals surface area contributed by atoms with Crippen LogP contribution in [0.2, 0.25) is 0 Å². The molecule has 17 heavy (non-hydrogen) atoms. The van der Waals surface area contributed by atoms with Crippen LogP contribution in [0.5, 0.6) is 0 Å². The molecule has 92 valence electrons. The van der Waals surface area contributed by atoms with E-state index in [1.54, 1.807) is 11.8 Å². The molecule has 4 heteroatoms. The summed E-state index contributed by atoms with van der Waals surface area (Å²) in [5, 5.41) is 2.95. The first kappa shape index (κ1) is 12.5. The zero-order chi connectivity index (χ0) is 12.3. The van der Waals surface area contributed by atoms with Crippen molar-refractivity contribution >= 4 is 23.4 Å². The van der Waals surface area contributed by atoms with E-state index in [2.05, 4.69) is 5.32 Å². The van der Waals surface area contributed by atoms with Crippen LogP contribution in [0.15, 0.2) is 29.2 Å². The number of hydrogen-bond acceptors (Lipinski definition) is 3. The molecule has 1 amide bonds. The molecule has 0 spiro atoms. The summed E-state index contributed by atoms with van der Waals surface area (Å²) in [6, 6.07) is 8.11. The minimum absolute atomic E-state index is 0.0882. The number of benzene rings is 1. The lowest BCUT2D eigenvalue weighted by Gasteiger charge is -2.10. The number of carbonyl (C=O) groups excluding carboxylic acids is 1. The Balaban J connectivity index is 1.93. The van der Waals surface area contributed by atoms with Gasteiger partial charge in [0.25, 0.3) is 0 Å². The van der Waals surface area contributed by atoms with Crippen LogP contribution >= 0.6 is 11.8 Å². The van der Waals surface area contributed by atoms with Gasteiger partial charge >= 0.3 is 0 Å². The van der Waals surface area contributed by atoms with Gasteiger partial charge in [-0.1, -0.05) is 0 Å². The van der Waals surface area contributed by atoms with Gasteiger partial charge in [0, 0.05) is 22.5 Å². The minimum Gasteiger partial charge on any atom is -0.328 e. The highest BCUT2D eigenvalue weighted by atomic mass is 32.2. The molecule has 0 bridgehead atoms. The van der Waals surface area contributed by atoms with Crippen molar-refractivity contribution in [3.8, 4) is 0 Å². The second-order valence-corrected chi connectivity index (χ2v) is 5.37. The number of hydrogen-bond donors (Lipinski definition) is 2. The molecule has 2 rings (SSSR count). The molecule has 1 aliphatic carbocycles. The summed E-state index contributed by atoms with van der Waals surface area (Å²) in [5.41, 5.74) is 6.68. The van der Waals surface area contributed by atoms with Gasteiger partial charge in [-0.05, 0) is 49.8 Å². The van der Waals surface area contributed by atoms with Crippen LogP contribution in [0.25, 0.3) is 0 Å². The topological polar surface area (TPSA) is 55.1 Å². The molecule has 0 saturated heterocycles. The van der Waals surface area contributed by atoms with Crippen molar-refractivity contribution in [1.29, 1.82) is 0 Å². The summed E-state index contributed by atoms with van der Waals surface area (Å²) in [5.74, 6) is 0.195. The van der Waals surface area contributed by atoms with Gasteiger partial charge in [0.2, 0.25) is 5.91 Å². The smallest absolute Gasteiger partial charge is 0.227 e.